The highest BCUT2D eigenvalue weighted by Gasteiger charge is 2.10. The van der Waals surface area contributed by atoms with E-state index in [1.54, 1.807) is 18.5 Å². The third-order valence-electron chi connectivity index (χ3n) is 3.03. The van der Waals surface area contributed by atoms with Gasteiger partial charge < -0.3 is 4.74 Å². The summed E-state index contributed by atoms with van der Waals surface area (Å²) in [5.41, 5.74) is 3.21. The third kappa shape index (κ3) is 2.52. The molecule has 0 bridgehead atoms. The average Bonchev–Trinajstić information content (AvgIpc) is 2.51. The number of ether oxygens (including phenoxy) is 1. The maximum absolute atomic E-state index is 5.87. The van der Waals surface area contributed by atoms with Crippen LogP contribution in [0, 0.1) is 6.92 Å². The molecule has 0 atom stereocenters. The van der Waals surface area contributed by atoms with Gasteiger partial charge in [-0.05, 0) is 24.1 Å². The van der Waals surface area contributed by atoms with Gasteiger partial charge >= 0.3 is 6.01 Å². The number of rotatable bonds is 3. The van der Waals surface area contributed by atoms with Crippen molar-refractivity contribution in [2.24, 2.45) is 0 Å². The molecule has 0 saturated carbocycles. The van der Waals surface area contributed by atoms with Crippen molar-refractivity contribution in [1.82, 2.24) is 9.97 Å². The van der Waals surface area contributed by atoms with E-state index in [2.05, 4.69) is 22.1 Å². The Morgan fingerprint density at radius 2 is 1.55 bits per heavy atom. The van der Waals surface area contributed by atoms with Gasteiger partial charge in [0.1, 0.15) is 5.75 Å². The quantitative estimate of drug-likeness (QED) is 0.708. The molecular weight excluding hydrogens is 248 g/mol. The zero-order valence-electron chi connectivity index (χ0n) is 11.2. The van der Waals surface area contributed by atoms with Crippen molar-refractivity contribution in [3.63, 3.8) is 0 Å². The zero-order valence-corrected chi connectivity index (χ0v) is 11.2. The van der Waals surface area contributed by atoms with Gasteiger partial charge in [0.25, 0.3) is 0 Å². The van der Waals surface area contributed by atoms with Gasteiger partial charge in [-0.15, -0.1) is 0 Å². The molecule has 0 aliphatic carbocycles. The highest BCUT2D eigenvalue weighted by molar-refractivity contribution is 5.72. The van der Waals surface area contributed by atoms with Gasteiger partial charge in [0, 0.05) is 18.0 Å². The Bertz CT molecular complexity index is 697. The molecule has 0 amide bonds. The van der Waals surface area contributed by atoms with Crippen molar-refractivity contribution in [3.05, 3.63) is 72.6 Å². The van der Waals surface area contributed by atoms with E-state index in [4.69, 9.17) is 4.74 Å². The lowest BCUT2D eigenvalue weighted by molar-refractivity contribution is 0.440. The highest BCUT2D eigenvalue weighted by Crippen LogP contribution is 2.34. The van der Waals surface area contributed by atoms with Gasteiger partial charge in [-0.3, -0.25) is 0 Å². The molecule has 3 rings (SSSR count). The fourth-order valence-electron chi connectivity index (χ4n) is 2.06. The topological polar surface area (TPSA) is 35.0 Å². The van der Waals surface area contributed by atoms with Crippen LogP contribution in [0.1, 0.15) is 5.56 Å². The molecule has 1 aromatic heterocycles. The van der Waals surface area contributed by atoms with E-state index in [0.29, 0.717) is 6.01 Å². The van der Waals surface area contributed by atoms with Gasteiger partial charge in [-0.1, -0.05) is 48.5 Å². The number of benzene rings is 2. The van der Waals surface area contributed by atoms with Crippen LogP contribution >= 0.6 is 0 Å². The fourth-order valence-corrected chi connectivity index (χ4v) is 2.06. The van der Waals surface area contributed by atoms with Gasteiger partial charge in [0.15, 0.2) is 0 Å². The normalized spacial score (nSPS) is 10.2. The largest absolute Gasteiger partial charge is 0.423 e. The Labute approximate surface area is 117 Å². The van der Waals surface area contributed by atoms with Crippen LogP contribution in [-0.2, 0) is 0 Å². The molecule has 3 aromatic rings. The fraction of sp³-hybridized carbons (Fsp3) is 0.0588. The van der Waals surface area contributed by atoms with E-state index in [9.17, 15) is 0 Å². The molecule has 3 heteroatoms. The summed E-state index contributed by atoms with van der Waals surface area (Å²) in [7, 11) is 0. The number of hydrogen-bond donors (Lipinski definition) is 0. The van der Waals surface area contributed by atoms with E-state index in [1.165, 1.54) is 0 Å². The minimum Gasteiger partial charge on any atom is -0.423 e. The van der Waals surface area contributed by atoms with Crippen molar-refractivity contribution >= 4 is 0 Å². The second-order valence-corrected chi connectivity index (χ2v) is 4.45. The standard InChI is InChI=1S/C17H14N2O/c1-13-7-5-10-15(14-8-3-2-4-9-14)16(13)20-17-18-11-6-12-19-17/h2-12H,1H3. The summed E-state index contributed by atoms with van der Waals surface area (Å²) in [6.07, 6.45) is 3.34. The van der Waals surface area contributed by atoms with Gasteiger partial charge in [-0.25, -0.2) is 9.97 Å². The predicted octanol–water partition coefficient (Wildman–Crippen LogP) is 4.24. The Balaban J connectivity index is 2.06. The maximum atomic E-state index is 5.87. The average molecular weight is 262 g/mol. The van der Waals surface area contributed by atoms with Crippen LogP contribution in [-0.4, -0.2) is 9.97 Å². The Morgan fingerprint density at radius 1 is 0.800 bits per heavy atom. The van der Waals surface area contributed by atoms with Crippen LogP contribution in [0.25, 0.3) is 11.1 Å². The van der Waals surface area contributed by atoms with E-state index in [1.807, 2.05) is 43.3 Å². The second-order valence-electron chi connectivity index (χ2n) is 4.45. The van der Waals surface area contributed by atoms with E-state index < -0.39 is 0 Å². The Hall–Kier alpha value is -2.68. The lowest BCUT2D eigenvalue weighted by Crippen LogP contribution is -1.95. The van der Waals surface area contributed by atoms with Crippen molar-refractivity contribution in [1.29, 1.82) is 0 Å². The molecule has 0 fully saturated rings. The summed E-state index contributed by atoms with van der Waals surface area (Å²) in [5.74, 6) is 0.796. The maximum Gasteiger partial charge on any atom is 0.321 e. The minimum atomic E-state index is 0.360. The summed E-state index contributed by atoms with van der Waals surface area (Å²) in [6.45, 7) is 2.02. The lowest BCUT2D eigenvalue weighted by Gasteiger charge is -2.12. The first-order chi connectivity index (χ1) is 9.84. The molecule has 0 aliphatic rings. The van der Waals surface area contributed by atoms with Crippen molar-refractivity contribution in [2.45, 2.75) is 6.92 Å². The molecule has 3 nitrogen and oxygen atoms in total. The summed E-state index contributed by atoms with van der Waals surface area (Å²) >= 11 is 0. The van der Waals surface area contributed by atoms with Crippen LogP contribution in [0.2, 0.25) is 0 Å². The number of aryl methyl sites for hydroxylation is 1. The Kier molecular flexibility index (Phi) is 3.42. The van der Waals surface area contributed by atoms with Crippen LogP contribution in [0.4, 0.5) is 0 Å². The van der Waals surface area contributed by atoms with Crippen LogP contribution < -0.4 is 4.74 Å². The summed E-state index contributed by atoms with van der Waals surface area (Å²) < 4.78 is 5.87. The van der Waals surface area contributed by atoms with Crippen LogP contribution in [0.5, 0.6) is 11.8 Å². The molecular formula is C17H14N2O. The Morgan fingerprint density at radius 3 is 2.30 bits per heavy atom. The SMILES string of the molecule is Cc1cccc(-c2ccccc2)c1Oc1ncccn1. The highest BCUT2D eigenvalue weighted by atomic mass is 16.5. The molecule has 0 spiro atoms. The van der Waals surface area contributed by atoms with E-state index in [-0.39, 0.29) is 0 Å². The number of aromatic nitrogens is 2. The molecule has 0 unspecified atom stereocenters. The molecule has 2 aromatic carbocycles. The third-order valence-corrected chi connectivity index (χ3v) is 3.03. The number of para-hydroxylation sites is 1. The molecule has 20 heavy (non-hydrogen) atoms. The summed E-state index contributed by atoms with van der Waals surface area (Å²) in [5, 5.41) is 0. The number of hydrogen-bond acceptors (Lipinski definition) is 3. The van der Waals surface area contributed by atoms with Gasteiger partial charge in [0.2, 0.25) is 0 Å². The van der Waals surface area contributed by atoms with Crippen LogP contribution in [0.15, 0.2) is 67.0 Å². The lowest BCUT2D eigenvalue weighted by atomic mass is 10.0. The van der Waals surface area contributed by atoms with E-state index in [0.717, 1.165) is 22.4 Å². The number of nitrogens with zero attached hydrogens (tertiary/aromatic N) is 2. The second kappa shape index (κ2) is 5.53. The monoisotopic (exact) mass is 262 g/mol. The molecule has 0 radical (unpaired) electrons. The van der Waals surface area contributed by atoms with Gasteiger partial charge in [0.05, 0.1) is 0 Å². The van der Waals surface area contributed by atoms with Gasteiger partial charge in [-0.2, -0.15) is 0 Å². The van der Waals surface area contributed by atoms with Crippen molar-refractivity contribution < 1.29 is 4.74 Å². The van der Waals surface area contributed by atoms with Crippen LogP contribution in [0.3, 0.4) is 0 Å². The van der Waals surface area contributed by atoms with Crippen molar-refractivity contribution in [2.75, 3.05) is 0 Å². The zero-order chi connectivity index (χ0) is 13.8. The predicted molar refractivity (Wildman–Crippen MR) is 78.7 cm³/mol. The summed E-state index contributed by atoms with van der Waals surface area (Å²) in [4.78, 5) is 8.23. The molecule has 1 heterocycles. The minimum absolute atomic E-state index is 0.360. The molecule has 0 saturated heterocycles. The first kappa shape index (κ1) is 12.4. The van der Waals surface area contributed by atoms with E-state index >= 15 is 0 Å². The first-order valence-electron chi connectivity index (χ1n) is 6.44. The molecule has 0 aliphatic heterocycles. The molecule has 0 N–H and O–H groups in total. The summed E-state index contributed by atoms with van der Waals surface area (Å²) in [6, 6.07) is 18.4. The first-order valence-corrected chi connectivity index (χ1v) is 6.44. The smallest absolute Gasteiger partial charge is 0.321 e. The van der Waals surface area contributed by atoms with Crippen molar-refractivity contribution in [3.8, 4) is 22.9 Å². The molecule has 98 valence electrons.